The molecular weight excluding hydrogens is 350 g/mol. The van der Waals surface area contributed by atoms with Crippen molar-refractivity contribution in [2.75, 3.05) is 24.3 Å². The Bertz CT molecular complexity index is 928. The molecular formula is C23H25N3O2. The summed E-state index contributed by atoms with van der Waals surface area (Å²) in [5, 5.41) is 2.95. The van der Waals surface area contributed by atoms with Crippen molar-refractivity contribution in [3.05, 3.63) is 83.2 Å². The van der Waals surface area contributed by atoms with Gasteiger partial charge in [-0.3, -0.25) is 9.78 Å². The van der Waals surface area contributed by atoms with Crippen LogP contribution in [-0.4, -0.2) is 25.0 Å². The molecule has 1 heterocycles. The lowest BCUT2D eigenvalue weighted by molar-refractivity contribution is 0.102. The van der Waals surface area contributed by atoms with E-state index in [1.54, 1.807) is 12.4 Å². The van der Waals surface area contributed by atoms with Crippen molar-refractivity contribution in [2.45, 2.75) is 20.5 Å². The number of rotatable bonds is 6. The lowest BCUT2D eigenvalue weighted by Gasteiger charge is -2.15. The number of ether oxygens (including phenoxy) is 1. The Kier molecular flexibility index (Phi) is 5.94. The van der Waals surface area contributed by atoms with Crippen LogP contribution >= 0.6 is 0 Å². The maximum Gasteiger partial charge on any atom is 0.255 e. The van der Waals surface area contributed by atoms with E-state index >= 15 is 0 Å². The fourth-order valence-electron chi connectivity index (χ4n) is 2.99. The number of amides is 1. The minimum Gasteiger partial charge on any atom is -0.488 e. The molecule has 0 bridgehead atoms. The van der Waals surface area contributed by atoms with E-state index in [4.69, 9.17) is 4.74 Å². The van der Waals surface area contributed by atoms with Gasteiger partial charge in [0.15, 0.2) is 0 Å². The normalized spacial score (nSPS) is 10.4. The van der Waals surface area contributed by atoms with Gasteiger partial charge in [-0.15, -0.1) is 0 Å². The van der Waals surface area contributed by atoms with Crippen LogP contribution in [0.2, 0.25) is 0 Å². The Morgan fingerprint density at radius 1 is 1.07 bits per heavy atom. The Morgan fingerprint density at radius 2 is 1.75 bits per heavy atom. The molecule has 1 N–H and O–H groups in total. The molecule has 0 aliphatic heterocycles. The Morgan fingerprint density at radius 3 is 2.32 bits per heavy atom. The Balaban J connectivity index is 1.71. The molecule has 0 spiro atoms. The molecule has 3 aromatic rings. The van der Waals surface area contributed by atoms with Crippen molar-refractivity contribution >= 4 is 17.3 Å². The molecule has 0 saturated heterocycles. The van der Waals surface area contributed by atoms with Gasteiger partial charge in [0.2, 0.25) is 0 Å². The molecule has 0 radical (unpaired) electrons. The first-order valence-electron chi connectivity index (χ1n) is 9.15. The van der Waals surface area contributed by atoms with Gasteiger partial charge in [-0.2, -0.15) is 0 Å². The van der Waals surface area contributed by atoms with Gasteiger partial charge >= 0.3 is 0 Å². The number of anilines is 2. The lowest BCUT2D eigenvalue weighted by Crippen LogP contribution is -2.13. The van der Waals surface area contributed by atoms with Crippen LogP contribution in [0.4, 0.5) is 11.4 Å². The maximum absolute atomic E-state index is 12.7. The summed E-state index contributed by atoms with van der Waals surface area (Å²) in [6.45, 7) is 4.35. The number of benzene rings is 2. The molecule has 0 fully saturated rings. The highest BCUT2D eigenvalue weighted by Gasteiger charge is 2.12. The summed E-state index contributed by atoms with van der Waals surface area (Å²) in [5.41, 5.74) is 5.32. The van der Waals surface area contributed by atoms with Gasteiger partial charge in [-0.25, -0.2) is 0 Å². The molecule has 5 nitrogen and oxygen atoms in total. The Hall–Kier alpha value is -3.34. The van der Waals surface area contributed by atoms with Gasteiger partial charge in [0.1, 0.15) is 12.4 Å². The van der Waals surface area contributed by atoms with E-state index < -0.39 is 0 Å². The van der Waals surface area contributed by atoms with Gasteiger partial charge in [-0.05, 0) is 67.4 Å². The van der Waals surface area contributed by atoms with E-state index in [0.717, 1.165) is 33.8 Å². The van der Waals surface area contributed by atoms with Crippen LogP contribution in [-0.2, 0) is 6.61 Å². The van der Waals surface area contributed by atoms with E-state index in [9.17, 15) is 4.79 Å². The SMILES string of the molecule is Cc1cc(C(=O)Nc2ccc(N(C)C)cc2)cc(C)c1OCc1cccnc1. The third-order valence-corrected chi connectivity index (χ3v) is 4.47. The molecule has 0 atom stereocenters. The number of pyridine rings is 1. The minimum absolute atomic E-state index is 0.136. The summed E-state index contributed by atoms with van der Waals surface area (Å²) in [7, 11) is 3.97. The largest absolute Gasteiger partial charge is 0.488 e. The van der Waals surface area contributed by atoms with Gasteiger partial charge in [0.25, 0.3) is 5.91 Å². The van der Waals surface area contributed by atoms with Crippen molar-refractivity contribution in [3.8, 4) is 5.75 Å². The predicted molar refractivity (Wildman–Crippen MR) is 113 cm³/mol. The van der Waals surface area contributed by atoms with Crippen LogP contribution in [0.3, 0.4) is 0 Å². The maximum atomic E-state index is 12.7. The van der Waals surface area contributed by atoms with Crippen LogP contribution in [0, 0.1) is 13.8 Å². The van der Waals surface area contributed by atoms with Crippen molar-refractivity contribution in [2.24, 2.45) is 0 Å². The molecule has 1 aromatic heterocycles. The molecule has 5 heteroatoms. The summed E-state index contributed by atoms with van der Waals surface area (Å²) in [5.74, 6) is 0.665. The topological polar surface area (TPSA) is 54.5 Å². The van der Waals surface area contributed by atoms with Crippen molar-refractivity contribution in [1.82, 2.24) is 4.98 Å². The number of carbonyl (C=O) groups is 1. The molecule has 0 aliphatic rings. The standard InChI is InChI=1S/C23H25N3O2/c1-16-12-19(23(27)25-20-7-9-21(10-8-20)26(3)4)13-17(2)22(16)28-15-18-6-5-11-24-14-18/h5-14H,15H2,1-4H3,(H,25,27). The molecule has 144 valence electrons. The Labute approximate surface area is 166 Å². The number of hydrogen-bond acceptors (Lipinski definition) is 4. The smallest absolute Gasteiger partial charge is 0.255 e. The van der Waals surface area contributed by atoms with Crippen LogP contribution < -0.4 is 15.0 Å². The van der Waals surface area contributed by atoms with Crippen molar-refractivity contribution < 1.29 is 9.53 Å². The zero-order chi connectivity index (χ0) is 20.1. The average molecular weight is 375 g/mol. The third-order valence-electron chi connectivity index (χ3n) is 4.47. The first kappa shape index (κ1) is 19.4. The number of carbonyl (C=O) groups excluding carboxylic acids is 1. The summed E-state index contributed by atoms with van der Waals surface area (Å²) in [6.07, 6.45) is 3.52. The second-order valence-corrected chi connectivity index (χ2v) is 6.98. The van der Waals surface area contributed by atoms with Gasteiger partial charge < -0.3 is 15.0 Å². The number of aromatic nitrogens is 1. The molecule has 0 aliphatic carbocycles. The zero-order valence-corrected chi connectivity index (χ0v) is 16.7. The van der Waals surface area contributed by atoms with E-state index in [2.05, 4.69) is 10.3 Å². The summed E-state index contributed by atoms with van der Waals surface area (Å²) in [4.78, 5) is 18.8. The van der Waals surface area contributed by atoms with Crippen LogP contribution in [0.1, 0.15) is 27.0 Å². The monoisotopic (exact) mass is 375 g/mol. The lowest BCUT2D eigenvalue weighted by atomic mass is 10.0. The summed E-state index contributed by atoms with van der Waals surface area (Å²) in [6, 6.07) is 15.3. The summed E-state index contributed by atoms with van der Waals surface area (Å²) < 4.78 is 5.97. The number of nitrogens with zero attached hydrogens (tertiary/aromatic N) is 2. The molecule has 1 amide bonds. The molecule has 0 saturated carbocycles. The van der Waals surface area contributed by atoms with E-state index in [1.165, 1.54) is 0 Å². The van der Waals surface area contributed by atoms with Crippen LogP contribution in [0.25, 0.3) is 0 Å². The first-order valence-corrected chi connectivity index (χ1v) is 9.15. The van der Waals surface area contributed by atoms with Gasteiger partial charge in [0, 0.05) is 49.0 Å². The minimum atomic E-state index is -0.136. The number of aryl methyl sites for hydroxylation is 2. The number of hydrogen-bond donors (Lipinski definition) is 1. The van der Waals surface area contributed by atoms with Crippen molar-refractivity contribution in [3.63, 3.8) is 0 Å². The average Bonchev–Trinajstić information content (AvgIpc) is 2.68. The van der Waals surface area contributed by atoms with Crippen LogP contribution in [0.5, 0.6) is 5.75 Å². The highest BCUT2D eigenvalue weighted by atomic mass is 16.5. The van der Waals surface area contributed by atoms with Gasteiger partial charge in [0.05, 0.1) is 0 Å². The molecule has 2 aromatic carbocycles. The molecule has 28 heavy (non-hydrogen) atoms. The fourth-order valence-corrected chi connectivity index (χ4v) is 2.99. The number of nitrogens with one attached hydrogen (secondary N) is 1. The highest BCUT2D eigenvalue weighted by Crippen LogP contribution is 2.26. The second kappa shape index (κ2) is 8.57. The summed E-state index contributed by atoms with van der Waals surface area (Å²) >= 11 is 0. The third kappa shape index (κ3) is 4.68. The van der Waals surface area contributed by atoms with Crippen molar-refractivity contribution in [1.29, 1.82) is 0 Å². The van der Waals surface area contributed by atoms with E-state index in [-0.39, 0.29) is 5.91 Å². The highest BCUT2D eigenvalue weighted by molar-refractivity contribution is 6.04. The fraction of sp³-hybridized carbons (Fsp3) is 0.217. The quantitative estimate of drug-likeness (QED) is 0.684. The van der Waals surface area contributed by atoms with E-state index in [1.807, 2.05) is 81.4 Å². The molecule has 3 rings (SSSR count). The van der Waals surface area contributed by atoms with Crippen LogP contribution in [0.15, 0.2) is 60.9 Å². The second-order valence-electron chi connectivity index (χ2n) is 6.98. The molecule has 0 unspecified atom stereocenters. The predicted octanol–water partition coefficient (Wildman–Crippen LogP) is 4.60. The zero-order valence-electron chi connectivity index (χ0n) is 16.7. The van der Waals surface area contributed by atoms with Gasteiger partial charge in [-0.1, -0.05) is 6.07 Å². The van der Waals surface area contributed by atoms with E-state index in [0.29, 0.717) is 12.2 Å². The first-order chi connectivity index (χ1) is 13.4.